The molecule has 1 aliphatic heterocycles. The molecule has 98 valence electrons. The van der Waals surface area contributed by atoms with E-state index in [1.165, 1.54) is 0 Å². The monoisotopic (exact) mass is 258 g/mol. The number of fused-ring (bicyclic) bond motifs is 1. The zero-order chi connectivity index (χ0) is 13.4. The second kappa shape index (κ2) is 4.31. The summed E-state index contributed by atoms with van der Waals surface area (Å²) in [5, 5.41) is 6.31. The first-order chi connectivity index (χ1) is 9.13. The van der Waals surface area contributed by atoms with Gasteiger partial charge in [-0.1, -0.05) is 0 Å². The summed E-state index contributed by atoms with van der Waals surface area (Å²) in [4.78, 5) is 26.3. The van der Waals surface area contributed by atoms with E-state index in [0.29, 0.717) is 24.2 Å². The Morgan fingerprint density at radius 2 is 2.26 bits per heavy atom. The second-order valence-corrected chi connectivity index (χ2v) is 4.69. The van der Waals surface area contributed by atoms with Crippen molar-refractivity contribution < 1.29 is 9.59 Å². The molecule has 1 aliphatic rings. The van der Waals surface area contributed by atoms with Crippen molar-refractivity contribution in [1.82, 2.24) is 15.6 Å². The Hall–Kier alpha value is -2.50. The molecular formula is C13H14N4O2. The lowest BCUT2D eigenvalue weighted by atomic mass is 10.1. The number of nitrogen functional groups attached to an aromatic ring is 1. The van der Waals surface area contributed by atoms with Crippen LogP contribution in [0.1, 0.15) is 16.8 Å². The van der Waals surface area contributed by atoms with E-state index in [4.69, 9.17) is 5.73 Å². The predicted molar refractivity (Wildman–Crippen MR) is 71.6 cm³/mol. The van der Waals surface area contributed by atoms with Gasteiger partial charge in [0.25, 0.3) is 5.91 Å². The highest BCUT2D eigenvalue weighted by molar-refractivity contribution is 6.07. The van der Waals surface area contributed by atoms with Crippen molar-refractivity contribution in [3.8, 4) is 0 Å². The van der Waals surface area contributed by atoms with Crippen LogP contribution in [-0.2, 0) is 4.79 Å². The average molecular weight is 258 g/mol. The number of nitrogens with one attached hydrogen (secondary N) is 3. The second-order valence-electron chi connectivity index (χ2n) is 4.69. The zero-order valence-corrected chi connectivity index (χ0v) is 10.2. The van der Waals surface area contributed by atoms with Crippen molar-refractivity contribution in [2.75, 3.05) is 12.3 Å². The number of hydrogen-bond acceptors (Lipinski definition) is 3. The van der Waals surface area contributed by atoms with E-state index in [0.717, 1.165) is 10.9 Å². The van der Waals surface area contributed by atoms with Crippen molar-refractivity contribution in [2.24, 2.45) is 0 Å². The van der Waals surface area contributed by atoms with E-state index in [-0.39, 0.29) is 17.9 Å². The molecule has 0 saturated carbocycles. The number of H-pyrrole nitrogens is 1. The van der Waals surface area contributed by atoms with Gasteiger partial charge in [0.2, 0.25) is 5.91 Å². The molecule has 1 saturated heterocycles. The lowest BCUT2D eigenvalue weighted by Gasteiger charge is -2.09. The number of carbonyl (C=O) groups excluding carboxylic acids is 2. The molecule has 1 fully saturated rings. The molecule has 2 amide bonds. The molecule has 6 heteroatoms. The molecule has 5 N–H and O–H groups in total. The van der Waals surface area contributed by atoms with Gasteiger partial charge in [0.15, 0.2) is 0 Å². The van der Waals surface area contributed by atoms with Gasteiger partial charge in [0.05, 0.1) is 11.6 Å². The molecule has 1 unspecified atom stereocenters. The first-order valence-electron chi connectivity index (χ1n) is 6.07. The molecule has 19 heavy (non-hydrogen) atoms. The molecule has 1 aromatic heterocycles. The van der Waals surface area contributed by atoms with E-state index >= 15 is 0 Å². The number of anilines is 1. The van der Waals surface area contributed by atoms with Gasteiger partial charge in [-0.25, -0.2) is 0 Å². The minimum absolute atomic E-state index is 0.0338. The summed E-state index contributed by atoms with van der Waals surface area (Å²) in [7, 11) is 0. The summed E-state index contributed by atoms with van der Waals surface area (Å²) in [6.45, 7) is 0.481. The number of aromatic nitrogens is 1. The molecule has 6 nitrogen and oxygen atoms in total. The summed E-state index contributed by atoms with van der Waals surface area (Å²) in [5.74, 6) is -0.230. The maximum Gasteiger partial charge on any atom is 0.253 e. The number of aromatic amines is 1. The third-order valence-corrected chi connectivity index (χ3v) is 3.26. The summed E-state index contributed by atoms with van der Waals surface area (Å²) in [5.41, 5.74) is 7.75. The maximum absolute atomic E-state index is 12.2. The number of amides is 2. The number of rotatable bonds is 2. The summed E-state index contributed by atoms with van der Waals surface area (Å²) in [6, 6.07) is 5.23. The van der Waals surface area contributed by atoms with Crippen molar-refractivity contribution in [3.05, 3.63) is 30.0 Å². The van der Waals surface area contributed by atoms with Crippen LogP contribution in [0.3, 0.4) is 0 Å². The van der Waals surface area contributed by atoms with Crippen LogP contribution in [-0.4, -0.2) is 29.4 Å². The van der Waals surface area contributed by atoms with Crippen molar-refractivity contribution in [2.45, 2.75) is 12.5 Å². The zero-order valence-electron chi connectivity index (χ0n) is 10.2. The third-order valence-electron chi connectivity index (χ3n) is 3.26. The highest BCUT2D eigenvalue weighted by atomic mass is 16.2. The molecule has 0 bridgehead atoms. The number of carbonyl (C=O) groups is 2. The van der Waals surface area contributed by atoms with Crippen molar-refractivity contribution in [1.29, 1.82) is 0 Å². The van der Waals surface area contributed by atoms with Gasteiger partial charge < -0.3 is 21.4 Å². The molecule has 0 radical (unpaired) electrons. The minimum atomic E-state index is -0.196. The van der Waals surface area contributed by atoms with Crippen LogP contribution in [0.5, 0.6) is 0 Å². The standard InChI is InChI=1S/C13H14N4O2/c14-7-1-2-11-9(3-7)10(6-15-11)13(19)17-8-4-12(18)16-5-8/h1-3,6,8,15H,4-5,14H2,(H,16,18)(H,17,19). The van der Waals surface area contributed by atoms with Crippen LogP contribution in [0.2, 0.25) is 0 Å². The first-order valence-corrected chi connectivity index (χ1v) is 6.07. The number of hydrogen-bond donors (Lipinski definition) is 4. The Balaban J connectivity index is 1.85. The average Bonchev–Trinajstić information content (AvgIpc) is 2.95. The van der Waals surface area contributed by atoms with Crippen LogP contribution >= 0.6 is 0 Å². The summed E-state index contributed by atoms with van der Waals surface area (Å²) >= 11 is 0. The fraction of sp³-hybridized carbons (Fsp3) is 0.231. The van der Waals surface area contributed by atoms with Crippen LogP contribution in [0.25, 0.3) is 10.9 Å². The van der Waals surface area contributed by atoms with Gasteiger partial charge in [-0.2, -0.15) is 0 Å². The molecule has 1 atom stereocenters. The van der Waals surface area contributed by atoms with Gasteiger partial charge >= 0.3 is 0 Å². The van der Waals surface area contributed by atoms with E-state index in [2.05, 4.69) is 15.6 Å². The van der Waals surface area contributed by atoms with E-state index in [1.54, 1.807) is 18.3 Å². The molecule has 0 aliphatic carbocycles. The maximum atomic E-state index is 12.2. The molecular weight excluding hydrogens is 244 g/mol. The Morgan fingerprint density at radius 1 is 1.42 bits per heavy atom. The fourth-order valence-electron chi connectivity index (χ4n) is 2.30. The molecule has 2 heterocycles. The normalized spacial score (nSPS) is 18.5. The quantitative estimate of drug-likeness (QED) is 0.585. The Morgan fingerprint density at radius 3 is 3.00 bits per heavy atom. The highest BCUT2D eigenvalue weighted by Crippen LogP contribution is 2.21. The Labute approximate surface area is 109 Å². The first kappa shape index (κ1) is 11.6. The summed E-state index contributed by atoms with van der Waals surface area (Å²) in [6.07, 6.45) is 1.99. The van der Waals surface area contributed by atoms with Crippen molar-refractivity contribution >= 4 is 28.4 Å². The van der Waals surface area contributed by atoms with Gasteiger partial charge in [0, 0.05) is 35.8 Å². The minimum Gasteiger partial charge on any atom is -0.399 e. The molecule has 3 rings (SSSR count). The summed E-state index contributed by atoms with van der Waals surface area (Å²) < 4.78 is 0. The van der Waals surface area contributed by atoms with Crippen LogP contribution in [0.15, 0.2) is 24.4 Å². The molecule has 1 aromatic carbocycles. The fourth-order valence-corrected chi connectivity index (χ4v) is 2.30. The van der Waals surface area contributed by atoms with Gasteiger partial charge in [0.1, 0.15) is 0 Å². The lowest BCUT2D eigenvalue weighted by Crippen LogP contribution is -2.36. The largest absolute Gasteiger partial charge is 0.399 e. The molecule has 2 aromatic rings. The van der Waals surface area contributed by atoms with E-state index in [1.807, 2.05) is 6.07 Å². The number of benzene rings is 1. The SMILES string of the molecule is Nc1ccc2[nH]cc(C(=O)NC3CNC(=O)C3)c2c1. The predicted octanol–water partition coefficient (Wildman–Crippen LogP) is 0.368. The van der Waals surface area contributed by atoms with Gasteiger partial charge in [-0.05, 0) is 18.2 Å². The number of nitrogens with two attached hydrogens (primary N) is 1. The smallest absolute Gasteiger partial charge is 0.253 e. The van der Waals surface area contributed by atoms with Gasteiger partial charge in [-0.15, -0.1) is 0 Å². The van der Waals surface area contributed by atoms with Crippen molar-refractivity contribution in [3.63, 3.8) is 0 Å². The van der Waals surface area contributed by atoms with E-state index in [9.17, 15) is 9.59 Å². The van der Waals surface area contributed by atoms with Crippen LogP contribution in [0.4, 0.5) is 5.69 Å². The Bertz CT molecular complexity index is 662. The topological polar surface area (TPSA) is 100 Å². The highest BCUT2D eigenvalue weighted by Gasteiger charge is 2.24. The lowest BCUT2D eigenvalue weighted by molar-refractivity contribution is -0.119. The molecule has 0 spiro atoms. The Kier molecular flexibility index (Phi) is 2.63. The van der Waals surface area contributed by atoms with Gasteiger partial charge in [-0.3, -0.25) is 9.59 Å². The van der Waals surface area contributed by atoms with Crippen LogP contribution < -0.4 is 16.4 Å². The van der Waals surface area contributed by atoms with Crippen LogP contribution in [0, 0.1) is 0 Å². The van der Waals surface area contributed by atoms with E-state index < -0.39 is 0 Å². The third kappa shape index (κ3) is 2.12.